The first-order valence-corrected chi connectivity index (χ1v) is 4.33. The molecule has 0 bridgehead atoms. The monoisotopic (exact) mass is 170 g/mol. The number of hydrogen-bond donors (Lipinski definition) is 1. The standard InChI is InChI=1S/C9H18N2O/c1-4-5-6-7-8-11(3)9(12)10-2/h7-8H,4-6H2,1-3H3,(H,10,12). The Hall–Kier alpha value is -0.990. The predicted octanol–water partition coefficient (Wildman–Crippen LogP) is 1.96. The summed E-state index contributed by atoms with van der Waals surface area (Å²) in [6.07, 6.45) is 7.22. The van der Waals surface area contributed by atoms with Gasteiger partial charge in [0.25, 0.3) is 0 Å². The lowest BCUT2D eigenvalue weighted by Gasteiger charge is -2.09. The number of nitrogens with one attached hydrogen (secondary N) is 1. The molecule has 0 aliphatic carbocycles. The quantitative estimate of drug-likeness (QED) is 0.643. The van der Waals surface area contributed by atoms with Crippen LogP contribution < -0.4 is 5.32 Å². The summed E-state index contributed by atoms with van der Waals surface area (Å²) in [5.74, 6) is 0. The van der Waals surface area contributed by atoms with Gasteiger partial charge in [-0.25, -0.2) is 4.79 Å². The van der Waals surface area contributed by atoms with Gasteiger partial charge in [0.1, 0.15) is 0 Å². The van der Waals surface area contributed by atoms with Crippen LogP contribution in [-0.2, 0) is 0 Å². The van der Waals surface area contributed by atoms with Gasteiger partial charge in [0.05, 0.1) is 0 Å². The Morgan fingerprint density at radius 2 is 2.25 bits per heavy atom. The molecule has 0 heterocycles. The molecule has 0 aromatic rings. The van der Waals surface area contributed by atoms with Crippen LogP contribution in [0, 0.1) is 0 Å². The van der Waals surface area contributed by atoms with E-state index in [-0.39, 0.29) is 6.03 Å². The molecular weight excluding hydrogens is 152 g/mol. The Labute approximate surface area is 74.4 Å². The van der Waals surface area contributed by atoms with Gasteiger partial charge in [-0.3, -0.25) is 0 Å². The van der Waals surface area contributed by atoms with Gasteiger partial charge in [0.2, 0.25) is 0 Å². The highest BCUT2D eigenvalue weighted by Gasteiger charge is 1.98. The molecule has 3 nitrogen and oxygen atoms in total. The van der Waals surface area contributed by atoms with Crippen LogP contribution in [0.3, 0.4) is 0 Å². The van der Waals surface area contributed by atoms with E-state index in [1.165, 1.54) is 17.7 Å². The largest absolute Gasteiger partial charge is 0.341 e. The first-order chi connectivity index (χ1) is 5.72. The molecule has 3 heteroatoms. The first-order valence-electron chi connectivity index (χ1n) is 4.33. The van der Waals surface area contributed by atoms with Crippen LogP contribution in [0.15, 0.2) is 12.3 Å². The van der Waals surface area contributed by atoms with Crippen molar-refractivity contribution in [3.05, 3.63) is 12.3 Å². The molecule has 2 amide bonds. The average Bonchev–Trinajstić information content (AvgIpc) is 2.10. The van der Waals surface area contributed by atoms with Crippen molar-refractivity contribution in [1.82, 2.24) is 10.2 Å². The number of allylic oxidation sites excluding steroid dienone is 1. The van der Waals surface area contributed by atoms with Crippen molar-refractivity contribution in [2.75, 3.05) is 14.1 Å². The minimum atomic E-state index is -0.0808. The molecule has 0 saturated heterocycles. The second kappa shape index (κ2) is 6.70. The number of amides is 2. The summed E-state index contributed by atoms with van der Waals surface area (Å²) < 4.78 is 0. The molecule has 1 N–H and O–H groups in total. The normalized spacial score (nSPS) is 10.2. The van der Waals surface area contributed by atoms with Gasteiger partial charge >= 0.3 is 6.03 Å². The van der Waals surface area contributed by atoms with Crippen LogP contribution in [0.2, 0.25) is 0 Å². The number of rotatable bonds is 4. The van der Waals surface area contributed by atoms with Gasteiger partial charge in [0, 0.05) is 20.3 Å². The van der Waals surface area contributed by atoms with Gasteiger partial charge in [-0.1, -0.05) is 25.8 Å². The zero-order chi connectivity index (χ0) is 9.40. The number of urea groups is 1. The summed E-state index contributed by atoms with van der Waals surface area (Å²) in [5, 5.41) is 2.54. The zero-order valence-corrected chi connectivity index (χ0v) is 8.13. The van der Waals surface area contributed by atoms with E-state index < -0.39 is 0 Å². The van der Waals surface area contributed by atoms with Crippen molar-refractivity contribution in [2.45, 2.75) is 26.2 Å². The van der Waals surface area contributed by atoms with Crippen molar-refractivity contribution in [3.8, 4) is 0 Å². The molecule has 0 aliphatic heterocycles. The van der Waals surface area contributed by atoms with Crippen molar-refractivity contribution in [3.63, 3.8) is 0 Å². The molecule has 0 radical (unpaired) electrons. The molecule has 0 aromatic carbocycles. The third kappa shape index (κ3) is 4.77. The van der Waals surface area contributed by atoms with Gasteiger partial charge in [-0.15, -0.1) is 0 Å². The summed E-state index contributed by atoms with van der Waals surface area (Å²) in [6, 6.07) is -0.0808. The predicted molar refractivity (Wildman–Crippen MR) is 50.9 cm³/mol. The van der Waals surface area contributed by atoms with E-state index in [1.54, 1.807) is 20.3 Å². The molecule has 70 valence electrons. The van der Waals surface area contributed by atoms with E-state index in [2.05, 4.69) is 12.2 Å². The van der Waals surface area contributed by atoms with Gasteiger partial charge in [0.15, 0.2) is 0 Å². The highest BCUT2D eigenvalue weighted by Crippen LogP contribution is 1.96. The molecular formula is C9H18N2O. The maximum absolute atomic E-state index is 10.9. The van der Waals surface area contributed by atoms with Crippen LogP contribution in [0.25, 0.3) is 0 Å². The summed E-state index contributed by atoms with van der Waals surface area (Å²) >= 11 is 0. The molecule has 12 heavy (non-hydrogen) atoms. The summed E-state index contributed by atoms with van der Waals surface area (Å²) in [7, 11) is 3.36. The Bertz CT molecular complexity index is 155. The topological polar surface area (TPSA) is 32.3 Å². The second-order valence-corrected chi connectivity index (χ2v) is 2.69. The smallest absolute Gasteiger partial charge is 0.320 e. The molecule has 0 aliphatic rings. The maximum atomic E-state index is 10.9. The van der Waals surface area contributed by atoms with Crippen LogP contribution >= 0.6 is 0 Å². The molecule has 0 fully saturated rings. The first kappa shape index (κ1) is 11.0. The van der Waals surface area contributed by atoms with E-state index >= 15 is 0 Å². The van der Waals surface area contributed by atoms with Gasteiger partial charge in [-0.2, -0.15) is 0 Å². The maximum Gasteiger partial charge on any atom is 0.320 e. The minimum Gasteiger partial charge on any atom is -0.341 e. The van der Waals surface area contributed by atoms with Crippen molar-refractivity contribution >= 4 is 6.03 Å². The lowest BCUT2D eigenvalue weighted by Crippen LogP contribution is -2.30. The summed E-state index contributed by atoms with van der Waals surface area (Å²) in [5.41, 5.74) is 0. The highest BCUT2D eigenvalue weighted by molar-refractivity contribution is 5.74. The lowest BCUT2D eigenvalue weighted by atomic mass is 10.2. The molecule has 0 rings (SSSR count). The van der Waals surface area contributed by atoms with Crippen molar-refractivity contribution in [1.29, 1.82) is 0 Å². The lowest BCUT2D eigenvalue weighted by molar-refractivity contribution is 0.224. The van der Waals surface area contributed by atoms with Crippen LogP contribution in [-0.4, -0.2) is 25.0 Å². The second-order valence-electron chi connectivity index (χ2n) is 2.69. The minimum absolute atomic E-state index is 0.0808. The molecule has 0 unspecified atom stereocenters. The van der Waals surface area contributed by atoms with Gasteiger partial charge < -0.3 is 10.2 Å². The van der Waals surface area contributed by atoms with Crippen LogP contribution in [0.4, 0.5) is 4.79 Å². The van der Waals surface area contributed by atoms with Crippen LogP contribution in [0.5, 0.6) is 0 Å². The van der Waals surface area contributed by atoms with E-state index in [0.717, 1.165) is 6.42 Å². The van der Waals surface area contributed by atoms with Gasteiger partial charge in [-0.05, 0) is 6.42 Å². The fourth-order valence-electron chi connectivity index (χ4n) is 0.799. The highest BCUT2D eigenvalue weighted by atomic mass is 16.2. The zero-order valence-electron chi connectivity index (χ0n) is 8.13. The third-order valence-corrected chi connectivity index (χ3v) is 1.59. The van der Waals surface area contributed by atoms with E-state index in [1.807, 2.05) is 6.08 Å². The summed E-state index contributed by atoms with van der Waals surface area (Å²) in [4.78, 5) is 12.5. The molecule has 0 spiro atoms. The van der Waals surface area contributed by atoms with E-state index in [0.29, 0.717) is 0 Å². The number of unbranched alkanes of at least 4 members (excludes halogenated alkanes) is 2. The van der Waals surface area contributed by atoms with Crippen molar-refractivity contribution in [2.24, 2.45) is 0 Å². The third-order valence-electron chi connectivity index (χ3n) is 1.59. The van der Waals surface area contributed by atoms with Crippen molar-refractivity contribution < 1.29 is 4.79 Å². The SMILES string of the molecule is CCCCC=CN(C)C(=O)NC. The molecule has 0 aromatic heterocycles. The Balaban J connectivity index is 3.60. The number of hydrogen-bond acceptors (Lipinski definition) is 1. The van der Waals surface area contributed by atoms with E-state index in [4.69, 9.17) is 0 Å². The number of carbonyl (C=O) groups is 1. The molecule has 0 atom stereocenters. The number of carbonyl (C=O) groups excluding carboxylic acids is 1. The summed E-state index contributed by atoms with van der Waals surface area (Å²) in [6.45, 7) is 2.15. The molecule has 0 saturated carbocycles. The fraction of sp³-hybridized carbons (Fsp3) is 0.667. The number of nitrogens with zero attached hydrogens (tertiary/aromatic N) is 1. The Morgan fingerprint density at radius 3 is 2.75 bits per heavy atom. The van der Waals surface area contributed by atoms with Crippen LogP contribution in [0.1, 0.15) is 26.2 Å². The Morgan fingerprint density at radius 1 is 1.58 bits per heavy atom. The fourth-order valence-corrected chi connectivity index (χ4v) is 0.799. The average molecular weight is 170 g/mol. The Kier molecular flexibility index (Phi) is 6.15. The van der Waals surface area contributed by atoms with E-state index in [9.17, 15) is 4.79 Å².